The van der Waals surface area contributed by atoms with Crippen molar-refractivity contribution in [1.82, 2.24) is 15.5 Å². The molecule has 20 heavy (non-hydrogen) atoms. The van der Waals surface area contributed by atoms with Crippen LogP contribution in [-0.2, 0) is 17.8 Å². The molecule has 0 spiro atoms. The van der Waals surface area contributed by atoms with E-state index in [2.05, 4.69) is 29.3 Å². The lowest BCUT2D eigenvalue weighted by Crippen LogP contribution is -2.17. The van der Waals surface area contributed by atoms with Crippen LogP contribution >= 0.6 is 0 Å². The van der Waals surface area contributed by atoms with E-state index in [9.17, 15) is 4.79 Å². The van der Waals surface area contributed by atoms with Crippen molar-refractivity contribution in [3.63, 3.8) is 0 Å². The maximum absolute atomic E-state index is 10.5. The Bertz CT molecular complexity index is 393. The quantitative estimate of drug-likeness (QED) is 0.606. The summed E-state index contributed by atoms with van der Waals surface area (Å²) in [5.74, 6) is 1.07. The normalized spacial score (nSPS) is 12.5. The van der Waals surface area contributed by atoms with E-state index in [-0.39, 0.29) is 6.42 Å². The molecule has 1 unspecified atom stereocenters. The van der Waals surface area contributed by atoms with Crippen LogP contribution in [0, 0.1) is 5.92 Å². The molecule has 0 aromatic carbocycles. The number of carboxylic acids is 1. The van der Waals surface area contributed by atoms with E-state index < -0.39 is 5.97 Å². The van der Waals surface area contributed by atoms with E-state index >= 15 is 0 Å². The van der Waals surface area contributed by atoms with Gasteiger partial charge in [0.25, 0.3) is 0 Å². The van der Waals surface area contributed by atoms with Gasteiger partial charge >= 0.3 is 5.97 Å². The van der Waals surface area contributed by atoms with Crippen molar-refractivity contribution in [1.29, 1.82) is 0 Å². The number of unbranched alkanes of at least 4 members (excludes halogenated alkanes) is 1. The molecule has 1 rings (SSSR count). The van der Waals surface area contributed by atoms with Gasteiger partial charge in [0.1, 0.15) is 0 Å². The van der Waals surface area contributed by atoms with Crippen molar-refractivity contribution in [2.45, 2.75) is 58.9 Å². The van der Waals surface area contributed by atoms with Gasteiger partial charge in [-0.15, -0.1) is 0 Å². The van der Waals surface area contributed by atoms with Gasteiger partial charge in [-0.25, -0.2) is 0 Å². The summed E-state index contributed by atoms with van der Waals surface area (Å²) in [5, 5.41) is 15.8. The van der Waals surface area contributed by atoms with Crippen molar-refractivity contribution in [3.05, 3.63) is 11.7 Å². The second kappa shape index (κ2) is 9.47. The van der Waals surface area contributed by atoms with Gasteiger partial charge in [-0.05, 0) is 31.7 Å². The molecule has 114 valence electrons. The van der Waals surface area contributed by atoms with E-state index in [1.165, 1.54) is 0 Å². The Balaban J connectivity index is 2.11. The van der Waals surface area contributed by atoms with E-state index in [4.69, 9.17) is 9.63 Å². The van der Waals surface area contributed by atoms with Crippen LogP contribution in [0.25, 0.3) is 0 Å². The Hall–Kier alpha value is -1.43. The van der Waals surface area contributed by atoms with E-state index in [0.29, 0.717) is 18.4 Å². The Labute approximate surface area is 120 Å². The summed E-state index contributed by atoms with van der Waals surface area (Å²) in [5.41, 5.74) is 0. The number of hydrogen-bond donors (Lipinski definition) is 2. The molecule has 0 aliphatic carbocycles. The number of nitrogens with zero attached hydrogens (tertiary/aromatic N) is 2. The summed E-state index contributed by atoms with van der Waals surface area (Å²) in [6, 6.07) is 0. The highest BCUT2D eigenvalue weighted by atomic mass is 16.5. The second-order valence-electron chi connectivity index (χ2n) is 5.21. The van der Waals surface area contributed by atoms with Gasteiger partial charge in [0.05, 0.1) is 6.54 Å². The SMILES string of the molecule is CCCCc1noc(CNCCC(C)CCC(=O)O)n1. The Morgan fingerprint density at radius 2 is 2.25 bits per heavy atom. The molecule has 0 radical (unpaired) electrons. The zero-order valence-electron chi connectivity index (χ0n) is 12.4. The van der Waals surface area contributed by atoms with E-state index in [1.807, 2.05) is 0 Å². The zero-order valence-corrected chi connectivity index (χ0v) is 12.4. The van der Waals surface area contributed by atoms with Gasteiger partial charge in [-0.2, -0.15) is 4.98 Å². The molecule has 6 heteroatoms. The molecule has 1 heterocycles. The maximum Gasteiger partial charge on any atom is 0.303 e. The van der Waals surface area contributed by atoms with Crippen molar-refractivity contribution < 1.29 is 14.4 Å². The average Bonchev–Trinajstić information content (AvgIpc) is 2.87. The molecule has 1 atom stereocenters. The standard InChI is InChI=1S/C14H25N3O3/c1-3-4-5-12-16-13(20-17-12)10-15-9-8-11(2)6-7-14(18)19/h11,15H,3-10H2,1-2H3,(H,18,19). The number of nitrogens with one attached hydrogen (secondary N) is 1. The Kier molecular flexibility index (Phi) is 7.87. The van der Waals surface area contributed by atoms with Crippen LogP contribution in [0.1, 0.15) is 57.7 Å². The minimum absolute atomic E-state index is 0.242. The number of aryl methyl sites for hydroxylation is 1. The number of carbonyl (C=O) groups is 1. The zero-order chi connectivity index (χ0) is 14.8. The highest BCUT2D eigenvalue weighted by Gasteiger charge is 2.07. The first-order valence-electron chi connectivity index (χ1n) is 7.35. The number of hydrogen-bond acceptors (Lipinski definition) is 5. The molecule has 6 nitrogen and oxygen atoms in total. The fourth-order valence-corrected chi connectivity index (χ4v) is 1.86. The third-order valence-electron chi connectivity index (χ3n) is 3.21. The highest BCUT2D eigenvalue weighted by Crippen LogP contribution is 2.09. The number of rotatable bonds is 11. The van der Waals surface area contributed by atoms with Crippen LogP contribution in [0.2, 0.25) is 0 Å². The molecule has 0 saturated heterocycles. The van der Waals surface area contributed by atoms with Gasteiger partial charge < -0.3 is 14.9 Å². The van der Waals surface area contributed by atoms with Crippen molar-refractivity contribution >= 4 is 5.97 Å². The largest absolute Gasteiger partial charge is 0.481 e. The molecule has 1 aromatic rings. The third-order valence-corrected chi connectivity index (χ3v) is 3.21. The summed E-state index contributed by atoms with van der Waals surface area (Å²) >= 11 is 0. The maximum atomic E-state index is 10.5. The molecule has 0 amide bonds. The predicted octanol–water partition coefficient (Wildman–Crippen LogP) is 2.39. The van der Waals surface area contributed by atoms with Crippen LogP contribution in [0.15, 0.2) is 4.52 Å². The van der Waals surface area contributed by atoms with Crippen molar-refractivity contribution in [2.24, 2.45) is 5.92 Å². The van der Waals surface area contributed by atoms with Crippen molar-refractivity contribution in [3.8, 4) is 0 Å². The predicted molar refractivity (Wildman–Crippen MR) is 75.3 cm³/mol. The summed E-state index contributed by atoms with van der Waals surface area (Å²) in [6.07, 6.45) is 4.98. The summed E-state index contributed by atoms with van der Waals surface area (Å²) < 4.78 is 5.15. The van der Waals surface area contributed by atoms with Crippen molar-refractivity contribution in [2.75, 3.05) is 6.54 Å². The molecule has 0 bridgehead atoms. The summed E-state index contributed by atoms with van der Waals surface area (Å²) in [7, 11) is 0. The van der Waals surface area contributed by atoms with Gasteiger partial charge in [-0.3, -0.25) is 4.79 Å². The molecule has 0 aliphatic rings. The molecule has 0 aliphatic heterocycles. The fourth-order valence-electron chi connectivity index (χ4n) is 1.86. The number of aromatic nitrogens is 2. The highest BCUT2D eigenvalue weighted by molar-refractivity contribution is 5.66. The lowest BCUT2D eigenvalue weighted by Gasteiger charge is -2.09. The lowest BCUT2D eigenvalue weighted by atomic mass is 10.0. The first kappa shape index (κ1) is 16.6. The van der Waals surface area contributed by atoms with Crippen LogP contribution < -0.4 is 5.32 Å². The second-order valence-corrected chi connectivity index (χ2v) is 5.21. The van der Waals surface area contributed by atoms with E-state index in [0.717, 1.165) is 44.5 Å². The van der Waals surface area contributed by atoms with Gasteiger partial charge in [-0.1, -0.05) is 25.4 Å². The number of carboxylic acid groups (broad SMARTS) is 1. The Morgan fingerprint density at radius 3 is 2.95 bits per heavy atom. The Morgan fingerprint density at radius 1 is 1.45 bits per heavy atom. The average molecular weight is 283 g/mol. The summed E-state index contributed by atoms with van der Waals surface area (Å²) in [4.78, 5) is 14.8. The summed E-state index contributed by atoms with van der Waals surface area (Å²) in [6.45, 7) is 5.60. The number of aliphatic carboxylic acids is 1. The van der Waals surface area contributed by atoms with Crippen LogP contribution in [-0.4, -0.2) is 27.8 Å². The molecule has 1 aromatic heterocycles. The smallest absolute Gasteiger partial charge is 0.303 e. The van der Waals surface area contributed by atoms with Crippen LogP contribution in [0.4, 0.5) is 0 Å². The van der Waals surface area contributed by atoms with Crippen LogP contribution in [0.3, 0.4) is 0 Å². The minimum atomic E-state index is -0.727. The molecule has 0 saturated carbocycles. The molecule has 2 N–H and O–H groups in total. The third kappa shape index (κ3) is 7.23. The minimum Gasteiger partial charge on any atom is -0.481 e. The van der Waals surface area contributed by atoms with Gasteiger partial charge in [0.2, 0.25) is 5.89 Å². The monoisotopic (exact) mass is 283 g/mol. The lowest BCUT2D eigenvalue weighted by molar-refractivity contribution is -0.137. The molecular weight excluding hydrogens is 258 g/mol. The first-order valence-corrected chi connectivity index (χ1v) is 7.35. The molecular formula is C14H25N3O3. The van der Waals surface area contributed by atoms with Gasteiger partial charge in [0.15, 0.2) is 5.82 Å². The van der Waals surface area contributed by atoms with Crippen LogP contribution in [0.5, 0.6) is 0 Å². The molecule has 0 fully saturated rings. The fraction of sp³-hybridized carbons (Fsp3) is 0.786. The van der Waals surface area contributed by atoms with E-state index in [1.54, 1.807) is 0 Å². The first-order chi connectivity index (χ1) is 9.61. The van der Waals surface area contributed by atoms with Gasteiger partial charge in [0, 0.05) is 12.8 Å². The topological polar surface area (TPSA) is 88.2 Å².